The second-order valence-electron chi connectivity index (χ2n) is 8.71. The fraction of sp³-hybridized carbons (Fsp3) is 0.677. The largest absolute Gasteiger partial charge is 2.00 e. The number of carbonyl (C=O) groups is 2. The molecule has 0 fully saturated rings. The Morgan fingerprint density at radius 3 is 1.44 bits per heavy atom. The fourth-order valence-electron chi connectivity index (χ4n) is 2.85. The molecule has 0 amide bonds. The fourth-order valence-corrected chi connectivity index (χ4v) is 2.85. The van der Waals surface area contributed by atoms with Crippen molar-refractivity contribution in [3.63, 3.8) is 0 Å². The van der Waals surface area contributed by atoms with Crippen LogP contribution in [0.15, 0.2) is 24.3 Å². The summed E-state index contributed by atoms with van der Waals surface area (Å²) < 4.78 is 0. The molecule has 0 spiro atoms. The van der Waals surface area contributed by atoms with Crippen LogP contribution in [-0.4, -0.2) is 35.8 Å². The summed E-state index contributed by atoms with van der Waals surface area (Å²) in [7, 11) is 0. The number of hydrogen-bond acceptors (Lipinski definition) is 4. The summed E-state index contributed by atoms with van der Waals surface area (Å²) in [5.41, 5.74) is 1.27. The van der Waals surface area contributed by atoms with Crippen molar-refractivity contribution >= 4 is 35.8 Å². The first kappa shape index (κ1) is 42.1. The first-order chi connectivity index (χ1) is 16.8. The number of benzene rings is 1. The Labute approximate surface area is 241 Å². The quantitative estimate of drug-likeness (QED) is 0.151. The van der Waals surface area contributed by atoms with Crippen LogP contribution in [0.1, 0.15) is 146 Å². The van der Waals surface area contributed by atoms with E-state index < -0.39 is 11.9 Å². The Balaban J connectivity index is -0.000000220. The monoisotopic (exact) mass is 610 g/mol. The maximum absolute atomic E-state index is 10.4. The summed E-state index contributed by atoms with van der Waals surface area (Å²) in [6.07, 6.45) is 19.4. The zero-order chi connectivity index (χ0) is 27.2. The number of unbranched alkanes of at least 4 members (excludes halogenated alkanes) is 12. The minimum atomic E-state index is -1.11. The van der Waals surface area contributed by atoms with Crippen LogP contribution in [0.3, 0.4) is 0 Å². The van der Waals surface area contributed by atoms with Gasteiger partial charge in [-0.25, -0.2) is 0 Å². The molecule has 4 radical (unpaired) electrons. The van der Waals surface area contributed by atoms with Crippen LogP contribution >= 0.6 is 0 Å². The van der Waals surface area contributed by atoms with Crippen LogP contribution in [0.2, 0.25) is 0 Å². The molecule has 0 unspecified atom stereocenters. The van der Waals surface area contributed by atoms with Crippen molar-refractivity contribution in [2.24, 2.45) is 0 Å². The Morgan fingerprint density at radius 2 is 1.11 bits per heavy atom. The van der Waals surface area contributed by atoms with Gasteiger partial charge < -0.3 is 19.8 Å². The van der Waals surface area contributed by atoms with Gasteiger partial charge in [0.2, 0.25) is 0 Å². The molecule has 5 heteroatoms. The average Bonchev–Trinajstić information content (AvgIpc) is 2.87. The molecular formula is C31H54O4Sn. The van der Waals surface area contributed by atoms with E-state index in [1.165, 1.54) is 76.7 Å². The molecule has 36 heavy (non-hydrogen) atoms. The van der Waals surface area contributed by atoms with Gasteiger partial charge in [-0.2, -0.15) is 0 Å². The Kier molecular flexibility index (Phi) is 42.2. The standard InChI is InChI=1S/C14H28O2.C9H10O2.2C4H9.Sn/c1-2-3-4-5-6-7-8-9-10-11-12-13-14(15)16;1-2-7-4-3-5-8(6-7)9(10)11;2*1-3-4-2;/h2-13H2,1H3,(H,15,16);3-6H,2H2,1H3,(H,10,11);2*1,3-4H2,2H3;/q;;;;+2/p-2. The first-order valence-corrected chi connectivity index (χ1v) is 13.9. The molecule has 0 aliphatic carbocycles. The minimum Gasteiger partial charge on any atom is -0.550 e. The van der Waals surface area contributed by atoms with Gasteiger partial charge in [-0.15, -0.1) is 0 Å². The first-order valence-electron chi connectivity index (χ1n) is 13.9. The van der Waals surface area contributed by atoms with Gasteiger partial charge >= 0.3 is 23.9 Å². The average molecular weight is 609 g/mol. The van der Waals surface area contributed by atoms with Crippen LogP contribution in [0, 0.1) is 13.8 Å². The van der Waals surface area contributed by atoms with E-state index in [0.29, 0.717) is 0 Å². The normalized spacial score (nSPS) is 9.28. The van der Waals surface area contributed by atoms with Crippen LogP contribution in [0.4, 0.5) is 0 Å². The molecule has 1 aromatic rings. The summed E-state index contributed by atoms with van der Waals surface area (Å²) in [6, 6.07) is 6.79. The molecular weight excluding hydrogens is 555 g/mol. The second-order valence-corrected chi connectivity index (χ2v) is 8.71. The predicted molar refractivity (Wildman–Crippen MR) is 153 cm³/mol. The number of rotatable bonds is 16. The van der Waals surface area contributed by atoms with E-state index in [2.05, 4.69) is 34.6 Å². The molecule has 0 atom stereocenters. The smallest absolute Gasteiger partial charge is 0.550 e. The van der Waals surface area contributed by atoms with E-state index >= 15 is 0 Å². The molecule has 0 saturated carbocycles. The molecule has 1 aromatic carbocycles. The van der Waals surface area contributed by atoms with Gasteiger partial charge in [0.15, 0.2) is 0 Å². The third-order valence-electron chi connectivity index (χ3n) is 5.26. The van der Waals surface area contributed by atoms with Crippen molar-refractivity contribution in [1.82, 2.24) is 0 Å². The third kappa shape index (κ3) is 37.5. The zero-order valence-corrected chi connectivity index (χ0v) is 26.7. The van der Waals surface area contributed by atoms with Crippen LogP contribution in [-0.2, 0) is 11.2 Å². The molecule has 0 aromatic heterocycles. The van der Waals surface area contributed by atoms with Gasteiger partial charge in [0, 0.05) is 5.97 Å². The molecule has 0 aliphatic heterocycles. The van der Waals surface area contributed by atoms with Gasteiger partial charge in [-0.05, 0) is 36.5 Å². The van der Waals surface area contributed by atoms with E-state index in [1.807, 2.05) is 13.0 Å². The van der Waals surface area contributed by atoms with Crippen LogP contribution < -0.4 is 10.2 Å². The van der Waals surface area contributed by atoms with Gasteiger partial charge in [-0.3, -0.25) is 0 Å². The number of aromatic carboxylic acids is 1. The number of aryl methyl sites for hydroxylation is 1. The number of aliphatic carboxylic acids is 1. The summed E-state index contributed by atoms with van der Waals surface area (Å²) in [6.45, 7) is 15.7. The van der Waals surface area contributed by atoms with E-state index in [4.69, 9.17) is 0 Å². The molecule has 4 nitrogen and oxygen atoms in total. The summed E-state index contributed by atoms with van der Waals surface area (Å²) in [5, 5.41) is 20.5. The van der Waals surface area contributed by atoms with Crippen LogP contribution in [0.5, 0.6) is 0 Å². The zero-order valence-electron chi connectivity index (χ0n) is 23.9. The molecule has 1 rings (SSSR count). The molecule has 206 valence electrons. The third-order valence-corrected chi connectivity index (χ3v) is 5.26. The molecule has 0 aliphatic rings. The van der Waals surface area contributed by atoms with Crippen molar-refractivity contribution < 1.29 is 19.8 Å². The molecule has 0 heterocycles. The maximum Gasteiger partial charge on any atom is 2.00 e. The van der Waals surface area contributed by atoms with Gasteiger partial charge in [-0.1, -0.05) is 150 Å². The van der Waals surface area contributed by atoms with Gasteiger partial charge in [0.05, 0.1) is 5.97 Å². The predicted octanol–water partition coefficient (Wildman–Crippen LogP) is 6.91. The van der Waals surface area contributed by atoms with E-state index in [-0.39, 0.29) is 35.9 Å². The Morgan fingerprint density at radius 1 is 0.694 bits per heavy atom. The van der Waals surface area contributed by atoms with Crippen molar-refractivity contribution in [2.45, 2.75) is 137 Å². The summed E-state index contributed by atoms with van der Waals surface area (Å²) in [4.78, 5) is 20.5. The minimum absolute atomic E-state index is 0. The molecule has 0 saturated heterocycles. The number of hydrogen-bond donors (Lipinski definition) is 0. The van der Waals surface area contributed by atoms with Crippen molar-refractivity contribution in [3.8, 4) is 0 Å². The van der Waals surface area contributed by atoms with E-state index in [1.54, 1.807) is 12.1 Å². The molecule has 0 bridgehead atoms. The van der Waals surface area contributed by atoms with E-state index in [0.717, 1.165) is 37.7 Å². The van der Waals surface area contributed by atoms with Crippen LogP contribution in [0.25, 0.3) is 0 Å². The van der Waals surface area contributed by atoms with E-state index in [9.17, 15) is 19.8 Å². The topological polar surface area (TPSA) is 80.3 Å². The maximum atomic E-state index is 10.4. The summed E-state index contributed by atoms with van der Waals surface area (Å²) in [5.74, 6) is -2.02. The number of carboxylic acid groups (broad SMARTS) is 2. The second kappa shape index (κ2) is 36.1. The van der Waals surface area contributed by atoms with Gasteiger partial charge in [0.1, 0.15) is 0 Å². The van der Waals surface area contributed by atoms with Crippen molar-refractivity contribution in [3.05, 3.63) is 49.2 Å². The number of carbonyl (C=O) groups excluding carboxylic acids is 2. The van der Waals surface area contributed by atoms with Gasteiger partial charge in [0.25, 0.3) is 0 Å². The molecule has 0 N–H and O–H groups in total. The van der Waals surface area contributed by atoms with Crippen molar-refractivity contribution in [1.29, 1.82) is 0 Å². The Bertz CT molecular complexity index is 567. The number of carboxylic acids is 2. The van der Waals surface area contributed by atoms with Crippen molar-refractivity contribution in [2.75, 3.05) is 0 Å². The SMILES string of the molecule is CCCCCCCCCCCCCC(=O)[O-].CCc1cccc(C(=O)[O-])c1.[CH2]CCC.[CH2]CCC.[Sn+2]. The Hall–Kier alpha value is -1.04. The summed E-state index contributed by atoms with van der Waals surface area (Å²) >= 11 is 0.